The molecule has 0 fully saturated rings. The summed E-state index contributed by atoms with van der Waals surface area (Å²) in [5.74, 6) is 0. The third-order valence-electron chi connectivity index (χ3n) is 2.25. The van der Waals surface area contributed by atoms with Crippen molar-refractivity contribution in [2.45, 2.75) is 25.5 Å². The fourth-order valence-corrected chi connectivity index (χ4v) is 1.44. The van der Waals surface area contributed by atoms with E-state index in [1.54, 1.807) is 6.92 Å². The summed E-state index contributed by atoms with van der Waals surface area (Å²) in [6.07, 6.45) is 0.402. The topological polar surface area (TPSA) is 52.5 Å². The zero-order valence-electron chi connectivity index (χ0n) is 9.06. The van der Waals surface area contributed by atoms with Gasteiger partial charge in [-0.2, -0.15) is 0 Å². The summed E-state index contributed by atoms with van der Waals surface area (Å²) >= 11 is 0. The summed E-state index contributed by atoms with van der Waals surface area (Å²) in [5.41, 5.74) is 1.19. The van der Waals surface area contributed by atoms with Crippen molar-refractivity contribution in [3.8, 4) is 0 Å². The standard InChI is InChI=1S/C12H19NO2/c1-10(15)8-13-12(9-14)7-11-5-3-2-4-6-11/h2-6,10,12-15H,7-9H2,1H3/t10-,12?/m0/s1. The van der Waals surface area contributed by atoms with Gasteiger partial charge < -0.3 is 15.5 Å². The molecule has 0 saturated carbocycles. The Morgan fingerprint density at radius 3 is 2.47 bits per heavy atom. The van der Waals surface area contributed by atoms with E-state index in [4.69, 9.17) is 10.2 Å². The Morgan fingerprint density at radius 2 is 1.93 bits per heavy atom. The summed E-state index contributed by atoms with van der Waals surface area (Å²) in [5, 5.41) is 21.4. The van der Waals surface area contributed by atoms with E-state index in [0.29, 0.717) is 6.54 Å². The highest BCUT2D eigenvalue weighted by Crippen LogP contribution is 2.02. The molecule has 1 rings (SSSR count). The molecule has 2 atom stereocenters. The number of aliphatic hydroxyl groups is 2. The summed E-state index contributed by atoms with van der Waals surface area (Å²) in [4.78, 5) is 0. The van der Waals surface area contributed by atoms with Gasteiger partial charge in [0.25, 0.3) is 0 Å². The second-order valence-electron chi connectivity index (χ2n) is 3.83. The lowest BCUT2D eigenvalue weighted by Gasteiger charge is -2.17. The molecule has 0 heterocycles. The Labute approximate surface area is 90.8 Å². The number of hydrogen-bond acceptors (Lipinski definition) is 3. The zero-order valence-corrected chi connectivity index (χ0v) is 9.06. The fourth-order valence-electron chi connectivity index (χ4n) is 1.44. The van der Waals surface area contributed by atoms with Gasteiger partial charge in [0.05, 0.1) is 12.7 Å². The first-order valence-corrected chi connectivity index (χ1v) is 5.28. The van der Waals surface area contributed by atoms with Crippen LogP contribution in [0.2, 0.25) is 0 Å². The highest BCUT2D eigenvalue weighted by atomic mass is 16.3. The molecule has 3 heteroatoms. The smallest absolute Gasteiger partial charge is 0.0636 e. The molecule has 1 aromatic rings. The number of hydrogen-bond donors (Lipinski definition) is 3. The van der Waals surface area contributed by atoms with E-state index in [2.05, 4.69) is 5.32 Å². The van der Waals surface area contributed by atoms with Crippen molar-refractivity contribution in [1.82, 2.24) is 5.32 Å². The Balaban J connectivity index is 2.40. The van der Waals surface area contributed by atoms with Gasteiger partial charge >= 0.3 is 0 Å². The van der Waals surface area contributed by atoms with Crippen LogP contribution in [0.4, 0.5) is 0 Å². The van der Waals surface area contributed by atoms with Crippen LogP contribution in [0.15, 0.2) is 30.3 Å². The molecular weight excluding hydrogens is 190 g/mol. The van der Waals surface area contributed by atoms with Crippen molar-refractivity contribution in [3.63, 3.8) is 0 Å². The van der Waals surface area contributed by atoms with Gasteiger partial charge in [0.15, 0.2) is 0 Å². The maximum atomic E-state index is 9.16. The molecule has 84 valence electrons. The highest BCUT2D eigenvalue weighted by molar-refractivity contribution is 5.15. The van der Waals surface area contributed by atoms with Gasteiger partial charge in [0.1, 0.15) is 0 Å². The average molecular weight is 209 g/mol. The lowest BCUT2D eigenvalue weighted by molar-refractivity contribution is 0.172. The predicted octanol–water partition coefficient (Wildman–Crippen LogP) is 0.560. The van der Waals surface area contributed by atoms with Crippen molar-refractivity contribution >= 4 is 0 Å². The molecule has 0 saturated heterocycles. The first kappa shape index (κ1) is 12.2. The molecule has 1 unspecified atom stereocenters. The summed E-state index contributed by atoms with van der Waals surface area (Å²) in [7, 11) is 0. The van der Waals surface area contributed by atoms with Crippen LogP contribution in [0.5, 0.6) is 0 Å². The van der Waals surface area contributed by atoms with Gasteiger partial charge in [-0.3, -0.25) is 0 Å². The van der Waals surface area contributed by atoms with Crippen LogP contribution in [0.25, 0.3) is 0 Å². The SMILES string of the molecule is C[C@H](O)CNC(CO)Cc1ccccc1. The third-order valence-corrected chi connectivity index (χ3v) is 2.25. The zero-order chi connectivity index (χ0) is 11.1. The molecule has 1 aromatic carbocycles. The second kappa shape index (κ2) is 6.56. The van der Waals surface area contributed by atoms with Gasteiger partial charge in [-0.1, -0.05) is 30.3 Å². The van der Waals surface area contributed by atoms with E-state index in [0.717, 1.165) is 6.42 Å². The molecule has 0 aliphatic rings. The van der Waals surface area contributed by atoms with Crippen molar-refractivity contribution in [2.75, 3.05) is 13.2 Å². The van der Waals surface area contributed by atoms with Crippen LogP contribution in [0.1, 0.15) is 12.5 Å². The molecule has 0 radical (unpaired) electrons. The monoisotopic (exact) mass is 209 g/mol. The normalized spacial score (nSPS) is 14.9. The van der Waals surface area contributed by atoms with Gasteiger partial charge in [0, 0.05) is 12.6 Å². The Morgan fingerprint density at radius 1 is 1.27 bits per heavy atom. The first-order chi connectivity index (χ1) is 7.22. The minimum absolute atomic E-state index is 0.0157. The molecular formula is C12H19NO2. The van der Waals surface area contributed by atoms with Crippen LogP contribution in [0, 0.1) is 0 Å². The Hall–Kier alpha value is -0.900. The fraction of sp³-hybridized carbons (Fsp3) is 0.500. The molecule has 15 heavy (non-hydrogen) atoms. The number of rotatable bonds is 6. The quantitative estimate of drug-likeness (QED) is 0.641. The van der Waals surface area contributed by atoms with E-state index in [1.807, 2.05) is 30.3 Å². The van der Waals surface area contributed by atoms with Crippen LogP contribution in [-0.4, -0.2) is 35.5 Å². The van der Waals surface area contributed by atoms with Crippen molar-refractivity contribution in [1.29, 1.82) is 0 Å². The summed E-state index contributed by atoms with van der Waals surface area (Å²) in [6.45, 7) is 2.32. The average Bonchev–Trinajstić information content (AvgIpc) is 2.25. The number of nitrogens with one attached hydrogen (secondary N) is 1. The third kappa shape index (κ3) is 4.93. The molecule has 3 nitrogen and oxygen atoms in total. The van der Waals surface area contributed by atoms with Crippen molar-refractivity contribution < 1.29 is 10.2 Å². The molecule has 0 amide bonds. The van der Waals surface area contributed by atoms with Crippen molar-refractivity contribution in [2.24, 2.45) is 0 Å². The van der Waals surface area contributed by atoms with Gasteiger partial charge in [-0.15, -0.1) is 0 Å². The molecule has 0 aromatic heterocycles. The highest BCUT2D eigenvalue weighted by Gasteiger charge is 2.08. The van der Waals surface area contributed by atoms with Gasteiger partial charge in [-0.25, -0.2) is 0 Å². The maximum absolute atomic E-state index is 9.16. The minimum atomic E-state index is -0.380. The van der Waals surface area contributed by atoms with E-state index >= 15 is 0 Å². The minimum Gasteiger partial charge on any atom is -0.395 e. The maximum Gasteiger partial charge on any atom is 0.0636 e. The van der Waals surface area contributed by atoms with Gasteiger partial charge in [-0.05, 0) is 18.9 Å². The molecule has 0 aliphatic carbocycles. The van der Waals surface area contributed by atoms with Crippen LogP contribution in [0.3, 0.4) is 0 Å². The molecule has 0 aliphatic heterocycles. The number of aliphatic hydroxyl groups excluding tert-OH is 2. The molecule has 0 spiro atoms. The lowest BCUT2D eigenvalue weighted by atomic mass is 10.1. The molecule has 3 N–H and O–H groups in total. The number of benzene rings is 1. The van der Waals surface area contributed by atoms with Crippen LogP contribution >= 0.6 is 0 Å². The van der Waals surface area contributed by atoms with Gasteiger partial charge in [0.2, 0.25) is 0 Å². The predicted molar refractivity (Wildman–Crippen MR) is 60.7 cm³/mol. The summed E-state index contributed by atoms with van der Waals surface area (Å²) in [6, 6.07) is 10.0. The van der Waals surface area contributed by atoms with Crippen molar-refractivity contribution in [3.05, 3.63) is 35.9 Å². The largest absolute Gasteiger partial charge is 0.395 e. The summed E-state index contributed by atoms with van der Waals surface area (Å²) < 4.78 is 0. The van der Waals surface area contributed by atoms with E-state index in [-0.39, 0.29) is 18.8 Å². The molecule has 0 bridgehead atoms. The second-order valence-corrected chi connectivity index (χ2v) is 3.83. The lowest BCUT2D eigenvalue weighted by Crippen LogP contribution is -2.38. The van der Waals surface area contributed by atoms with Crippen LogP contribution < -0.4 is 5.32 Å². The van der Waals surface area contributed by atoms with E-state index < -0.39 is 0 Å². The Bertz CT molecular complexity index is 262. The Kier molecular flexibility index (Phi) is 5.32. The van der Waals surface area contributed by atoms with E-state index in [1.165, 1.54) is 5.56 Å². The van der Waals surface area contributed by atoms with E-state index in [9.17, 15) is 0 Å². The van der Waals surface area contributed by atoms with Crippen LogP contribution in [-0.2, 0) is 6.42 Å². The first-order valence-electron chi connectivity index (χ1n) is 5.28.